The van der Waals surface area contributed by atoms with Crippen molar-refractivity contribution in [1.82, 2.24) is 0 Å². The van der Waals surface area contributed by atoms with Gasteiger partial charge in [0.25, 0.3) is 0 Å². The van der Waals surface area contributed by atoms with Gasteiger partial charge >= 0.3 is 0 Å². The van der Waals surface area contributed by atoms with Gasteiger partial charge in [0.2, 0.25) is 11.5 Å². The maximum absolute atomic E-state index is 12.9. The van der Waals surface area contributed by atoms with E-state index in [0.717, 1.165) is 5.69 Å². The number of benzene rings is 2. The van der Waals surface area contributed by atoms with E-state index < -0.39 is 0 Å². The minimum absolute atomic E-state index is 0.0631. The lowest BCUT2D eigenvalue weighted by Crippen LogP contribution is -2.12. The predicted molar refractivity (Wildman–Crippen MR) is 116 cm³/mol. The summed E-state index contributed by atoms with van der Waals surface area (Å²) >= 11 is 6.35. The van der Waals surface area contributed by atoms with Crippen molar-refractivity contribution in [3.63, 3.8) is 0 Å². The summed E-state index contributed by atoms with van der Waals surface area (Å²) in [6.45, 7) is 2.45. The maximum Gasteiger partial charge on any atom is 0.204 e. The largest absolute Gasteiger partial charge is 0.493 e. The number of carbonyl (C=O) groups excluding carboxylic acids is 1. The van der Waals surface area contributed by atoms with Crippen molar-refractivity contribution >= 4 is 29.1 Å². The molecule has 0 aromatic heterocycles. The Labute approximate surface area is 176 Å². The summed E-state index contributed by atoms with van der Waals surface area (Å²) in [5.74, 6) is 1.83. The fourth-order valence-corrected chi connectivity index (χ4v) is 3.06. The topological polar surface area (TPSA) is 57.2 Å². The van der Waals surface area contributed by atoms with Gasteiger partial charge in [0.05, 0.1) is 38.7 Å². The van der Waals surface area contributed by atoms with Crippen molar-refractivity contribution in [3.8, 4) is 23.0 Å². The lowest BCUT2D eigenvalue weighted by molar-refractivity contribution is 0.104. The molecule has 2 rings (SSSR count). The van der Waals surface area contributed by atoms with E-state index in [1.807, 2.05) is 25.9 Å². The number of anilines is 1. The smallest absolute Gasteiger partial charge is 0.204 e. The molecule has 0 saturated carbocycles. The molecule has 0 N–H and O–H groups in total. The van der Waals surface area contributed by atoms with E-state index in [9.17, 15) is 4.79 Å². The van der Waals surface area contributed by atoms with E-state index in [-0.39, 0.29) is 10.8 Å². The molecule has 29 heavy (non-hydrogen) atoms. The molecule has 6 nitrogen and oxygen atoms in total. The second kappa shape index (κ2) is 10.1. The van der Waals surface area contributed by atoms with E-state index in [2.05, 4.69) is 0 Å². The van der Waals surface area contributed by atoms with E-state index in [1.54, 1.807) is 36.4 Å². The van der Waals surface area contributed by atoms with Crippen LogP contribution in [0.4, 0.5) is 5.69 Å². The lowest BCUT2D eigenvalue weighted by atomic mass is 10.1. The average Bonchev–Trinajstić information content (AvgIpc) is 2.72. The van der Waals surface area contributed by atoms with Crippen molar-refractivity contribution < 1.29 is 23.7 Å². The van der Waals surface area contributed by atoms with Gasteiger partial charge in [0.15, 0.2) is 11.5 Å². The number of ether oxygens (including phenoxy) is 4. The molecule has 156 valence electrons. The highest BCUT2D eigenvalue weighted by atomic mass is 35.5. The Morgan fingerprint density at radius 1 is 1.00 bits per heavy atom. The molecule has 0 atom stereocenters. The Morgan fingerprint density at radius 3 is 2.10 bits per heavy atom. The quantitative estimate of drug-likeness (QED) is 0.436. The summed E-state index contributed by atoms with van der Waals surface area (Å²) in [6, 6.07) is 8.68. The van der Waals surface area contributed by atoms with Crippen LogP contribution in [0, 0.1) is 0 Å². The van der Waals surface area contributed by atoms with Gasteiger partial charge < -0.3 is 23.8 Å². The molecule has 2 aromatic rings. The number of allylic oxidation sites excluding steroid dienone is 1. The molecule has 0 aliphatic heterocycles. The van der Waals surface area contributed by atoms with Crippen molar-refractivity contribution in [2.75, 3.05) is 46.9 Å². The fraction of sp³-hybridized carbons (Fsp3) is 0.318. The van der Waals surface area contributed by atoms with Crippen LogP contribution < -0.4 is 23.8 Å². The van der Waals surface area contributed by atoms with Crippen molar-refractivity contribution in [2.24, 2.45) is 0 Å². The van der Waals surface area contributed by atoms with Gasteiger partial charge in [-0.05, 0) is 48.9 Å². The average molecular weight is 420 g/mol. The molecule has 0 saturated heterocycles. The molecule has 2 aromatic carbocycles. The standard InChI is InChI=1S/C22H26ClNO5/c1-7-29-18-9-8-15(13-17(18)24(2)3)21(25)16(23)10-14-11-19(26-4)22(28-6)20(12-14)27-5/h8-13H,7H2,1-6H3/b16-10+. The molecule has 0 amide bonds. The van der Waals surface area contributed by atoms with Gasteiger partial charge in [-0.1, -0.05) is 11.6 Å². The molecule has 0 aliphatic carbocycles. The number of halogens is 1. The van der Waals surface area contributed by atoms with Crippen LogP contribution >= 0.6 is 11.6 Å². The number of rotatable bonds is 9. The zero-order chi connectivity index (χ0) is 21.6. The highest BCUT2D eigenvalue weighted by Gasteiger charge is 2.17. The summed E-state index contributed by atoms with van der Waals surface area (Å²) in [5.41, 5.74) is 1.91. The number of hydrogen-bond acceptors (Lipinski definition) is 6. The molecule has 0 unspecified atom stereocenters. The van der Waals surface area contributed by atoms with E-state index >= 15 is 0 Å². The minimum Gasteiger partial charge on any atom is -0.493 e. The summed E-state index contributed by atoms with van der Waals surface area (Å²) in [6.07, 6.45) is 1.57. The van der Waals surface area contributed by atoms with Gasteiger partial charge in [-0.15, -0.1) is 0 Å². The van der Waals surface area contributed by atoms with Gasteiger partial charge in [-0.25, -0.2) is 0 Å². The fourth-order valence-electron chi connectivity index (χ4n) is 2.82. The second-order valence-corrected chi connectivity index (χ2v) is 6.70. The number of Topliss-reactive ketones (excluding diaryl/α,β-unsaturated/α-hetero) is 1. The first kappa shape index (κ1) is 22.4. The molecule has 0 aliphatic rings. The first-order chi connectivity index (χ1) is 13.9. The van der Waals surface area contributed by atoms with Crippen LogP contribution in [0.3, 0.4) is 0 Å². The summed E-state index contributed by atoms with van der Waals surface area (Å²) in [4.78, 5) is 14.8. The first-order valence-corrected chi connectivity index (χ1v) is 9.40. The first-order valence-electron chi connectivity index (χ1n) is 9.02. The van der Waals surface area contributed by atoms with Crippen molar-refractivity contribution in [3.05, 3.63) is 46.5 Å². The number of hydrogen-bond donors (Lipinski definition) is 0. The van der Waals surface area contributed by atoms with Gasteiger partial charge in [-0.2, -0.15) is 0 Å². The Hall–Kier alpha value is -2.86. The zero-order valence-electron chi connectivity index (χ0n) is 17.5. The number of methoxy groups -OCH3 is 3. The third-order valence-corrected chi connectivity index (χ3v) is 4.48. The van der Waals surface area contributed by atoms with Gasteiger partial charge in [0.1, 0.15) is 5.75 Å². The number of ketones is 1. The van der Waals surface area contributed by atoms with Crippen LogP contribution in [-0.4, -0.2) is 47.8 Å². The van der Waals surface area contributed by atoms with E-state index in [0.29, 0.717) is 40.7 Å². The summed E-state index contributed by atoms with van der Waals surface area (Å²) in [5, 5.41) is 0.0631. The zero-order valence-corrected chi connectivity index (χ0v) is 18.3. The number of nitrogens with zero attached hydrogens (tertiary/aromatic N) is 1. The molecular formula is C22H26ClNO5. The Kier molecular flexibility index (Phi) is 7.79. The van der Waals surface area contributed by atoms with Crippen LogP contribution in [0.15, 0.2) is 35.4 Å². The van der Waals surface area contributed by atoms with Gasteiger partial charge in [-0.3, -0.25) is 4.79 Å². The maximum atomic E-state index is 12.9. The highest BCUT2D eigenvalue weighted by molar-refractivity contribution is 6.47. The third-order valence-electron chi connectivity index (χ3n) is 4.20. The minimum atomic E-state index is -0.299. The summed E-state index contributed by atoms with van der Waals surface area (Å²) < 4.78 is 21.6. The monoisotopic (exact) mass is 419 g/mol. The predicted octanol–water partition coefficient (Wildman–Crippen LogP) is 4.64. The van der Waals surface area contributed by atoms with Crippen LogP contribution in [-0.2, 0) is 0 Å². The van der Waals surface area contributed by atoms with Crippen LogP contribution in [0.2, 0.25) is 0 Å². The van der Waals surface area contributed by atoms with Crippen molar-refractivity contribution in [1.29, 1.82) is 0 Å². The Balaban J connectivity index is 2.42. The molecule has 0 fully saturated rings. The second-order valence-electron chi connectivity index (χ2n) is 6.29. The Bertz CT molecular complexity index is 883. The highest BCUT2D eigenvalue weighted by Crippen LogP contribution is 2.39. The third kappa shape index (κ3) is 5.15. The summed E-state index contributed by atoms with van der Waals surface area (Å²) in [7, 11) is 8.36. The molecule has 0 bridgehead atoms. The molecule has 0 spiro atoms. The molecule has 7 heteroatoms. The Morgan fingerprint density at radius 2 is 1.62 bits per heavy atom. The van der Waals surface area contributed by atoms with Crippen LogP contribution in [0.1, 0.15) is 22.8 Å². The number of carbonyl (C=O) groups is 1. The molecule has 0 heterocycles. The lowest BCUT2D eigenvalue weighted by Gasteiger charge is -2.18. The molecule has 0 radical (unpaired) electrons. The van der Waals surface area contributed by atoms with Crippen LogP contribution in [0.25, 0.3) is 6.08 Å². The molecular weight excluding hydrogens is 394 g/mol. The normalized spacial score (nSPS) is 11.1. The van der Waals surface area contributed by atoms with Crippen LogP contribution in [0.5, 0.6) is 23.0 Å². The van der Waals surface area contributed by atoms with E-state index in [4.69, 9.17) is 30.5 Å². The van der Waals surface area contributed by atoms with Crippen molar-refractivity contribution in [2.45, 2.75) is 6.92 Å². The van der Waals surface area contributed by atoms with Gasteiger partial charge in [0, 0.05) is 19.7 Å². The SMILES string of the molecule is CCOc1ccc(C(=O)/C(Cl)=C\c2cc(OC)c(OC)c(OC)c2)cc1N(C)C. The van der Waals surface area contributed by atoms with E-state index in [1.165, 1.54) is 21.3 Å².